The Labute approximate surface area is 105 Å². The van der Waals surface area contributed by atoms with Gasteiger partial charge in [0.15, 0.2) is 0 Å². The van der Waals surface area contributed by atoms with Gasteiger partial charge in [-0.2, -0.15) is 0 Å². The molecular weight excluding hydrogens is 291 g/mol. The maximum Gasteiger partial charge on any atom is 0.203 e. The Morgan fingerprint density at radius 1 is 1.38 bits per heavy atom. The van der Waals surface area contributed by atoms with Crippen molar-refractivity contribution >= 4 is 33.0 Å². The zero-order valence-electron chi connectivity index (χ0n) is 8.46. The number of ketones is 1. The second-order valence-electron chi connectivity index (χ2n) is 3.39. The first-order valence-corrected chi connectivity index (χ1v) is 6.30. The zero-order valence-corrected chi connectivity index (χ0v) is 10.9. The van der Waals surface area contributed by atoms with E-state index in [1.54, 1.807) is 0 Å². The predicted molar refractivity (Wildman–Crippen MR) is 66.6 cm³/mol. The van der Waals surface area contributed by atoms with Crippen LogP contribution in [0.2, 0.25) is 0 Å². The minimum absolute atomic E-state index is 0.0619. The predicted octanol–water partition coefficient (Wildman–Crippen LogP) is 4.19. The van der Waals surface area contributed by atoms with E-state index in [-0.39, 0.29) is 11.6 Å². The molecular formula is C12H8BrFOS. The molecule has 0 aliphatic carbocycles. The van der Waals surface area contributed by atoms with Gasteiger partial charge in [-0.3, -0.25) is 4.79 Å². The van der Waals surface area contributed by atoms with Gasteiger partial charge in [-0.05, 0) is 58.1 Å². The molecule has 0 atom stereocenters. The van der Waals surface area contributed by atoms with Crippen LogP contribution < -0.4 is 0 Å². The zero-order chi connectivity index (χ0) is 11.7. The molecule has 0 amide bonds. The van der Waals surface area contributed by atoms with Crippen molar-refractivity contribution in [2.45, 2.75) is 6.92 Å². The maximum atomic E-state index is 13.0. The molecule has 0 bridgehead atoms. The summed E-state index contributed by atoms with van der Waals surface area (Å²) in [7, 11) is 0. The van der Waals surface area contributed by atoms with Gasteiger partial charge in [0.05, 0.1) is 9.35 Å². The average Bonchev–Trinajstić information content (AvgIpc) is 2.67. The average molecular weight is 299 g/mol. The number of thiophene rings is 1. The lowest BCUT2D eigenvalue weighted by molar-refractivity contribution is 0.104. The summed E-state index contributed by atoms with van der Waals surface area (Å²) in [5.41, 5.74) is 1.45. The minimum Gasteiger partial charge on any atom is -0.288 e. The van der Waals surface area contributed by atoms with Gasteiger partial charge in [-0.25, -0.2) is 4.39 Å². The lowest BCUT2D eigenvalue weighted by atomic mass is 10.1. The molecule has 2 aromatic rings. The third-order valence-electron chi connectivity index (χ3n) is 2.25. The van der Waals surface area contributed by atoms with E-state index in [1.807, 2.05) is 18.4 Å². The van der Waals surface area contributed by atoms with E-state index < -0.39 is 0 Å². The topological polar surface area (TPSA) is 17.1 Å². The Morgan fingerprint density at radius 3 is 2.69 bits per heavy atom. The highest BCUT2D eigenvalue weighted by molar-refractivity contribution is 9.10. The van der Waals surface area contributed by atoms with Crippen LogP contribution in [0.15, 0.2) is 34.1 Å². The molecule has 16 heavy (non-hydrogen) atoms. The van der Waals surface area contributed by atoms with Crippen LogP contribution in [0, 0.1) is 12.7 Å². The lowest BCUT2D eigenvalue weighted by Crippen LogP contribution is -2.00. The van der Waals surface area contributed by atoms with Crippen LogP contribution in [0.3, 0.4) is 0 Å². The second kappa shape index (κ2) is 4.47. The molecule has 0 aliphatic heterocycles. The molecule has 1 aromatic carbocycles. The third kappa shape index (κ3) is 2.08. The van der Waals surface area contributed by atoms with Crippen LogP contribution in [-0.4, -0.2) is 5.78 Å². The standard InChI is InChI=1S/C12H8BrFOS/c1-7-4-5-16-12(7)11(15)8-2-3-10(14)9(13)6-8/h2-6H,1H3. The maximum absolute atomic E-state index is 13.0. The number of carbonyl (C=O) groups excluding carboxylic acids is 1. The molecule has 1 heterocycles. The van der Waals surface area contributed by atoms with E-state index in [0.29, 0.717) is 14.9 Å². The van der Waals surface area contributed by atoms with Crippen LogP contribution in [0.1, 0.15) is 20.8 Å². The van der Waals surface area contributed by atoms with Gasteiger partial charge in [-0.15, -0.1) is 11.3 Å². The molecule has 0 N–H and O–H groups in total. The number of rotatable bonds is 2. The van der Waals surface area contributed by atoms with Crippen molar-refractivity contribution in [3.63, 3.8) is 0 Å². The van der Waals surface area contributed by atoms with Gasteiger partial charge in [0, 0.05) is 5.56 Å². The summed E-state index contributed by atoms with van der Waals surface area (Å²) >= 11 is 4.48. The Morgan fingerprint density at radius 2 is 2.12 bits per heavy atom. The van der Waals surface area contributed by atoms with E-state index in [1.165, 1.54) is 29.5 Å². The lowest BCUT2D eigenvalue weighted by Gasteiger charge is -2.01. The van der Waals surface area contributed by atoms with Crippen LogP contribution in [0.25, 0.3) is 0 Å². The van der Waals surface area contributed by atoms with Crippen molar-refractivity contribution in [1.82, 2.24) is 0 Å². The summed E-state index contributed by atoms with van der Waals surface area (Å²) in [6.07, 6.45) is 0. The summed E-state index contributed by atoms with van der Waals surface area (Å²) in [6.45, 7) is 1.89. The smallest absolute Gasteiger partial charge is 0.203 e. The third-order valence-corrected chi connectivity index (χ3v) is 3.87. The molecule has 0 unspecified atom stereocenters. The molecule has 2 rings (SSSR count). The van der Waals surface area contributed by atoms with Crippen molar-refractivity contribution in [2.24, 2.45) is 0 Å². The molecule has 1 nitrogen and oxygen atoms in total. The number of hydrogen-bond acceptors (Lipinski definition) is 2. The number of benzene rings is 1. The van der Waals surface area contributed by atoms with Crippen molar-refractivity contribution in [3.05, 3.63) is 55.9 Å². The van der Waals surface area contributed by atoms with E-state index in [9.17, 15) is 9.18 Å². The highest BCUT2D eigenvalue weighted by atomic mass is 79.9. The minimum atomic E-state index is -0.362. The van der Waals surface area contributed by atoms with Crippen molar-refractivity contribution in [2.75, 3.05) is 0 Å². The normalized spacial score (nSPS) is 10.4. The first-order chi connectivity index (χ1) is 7.59. The van der Waals surface area contributed by atoms with Crippen molar-refractivity contribution < 1.29 is 9.18 Å². The summed E-state index contributed by atoms with van der Waals surface area (Å²) in [5, 5.41) is 1.88. The van der Waals surface area contributed by atoms with Crippen LogP contribution in [0.5, 0.6) is 0 Å². The molecule has 0 aliphatic rings. The molecule has 4 heteroatoms. The molecule has 1 aromatic heterocycles. The Balaban J connectivity index is 2.42. The summed E-state index contributed by atoms with van der Waals surface area (Å²) in [5.74, 6) is -0.423. The van der Waals surface area contributed by atoms with Gasteiger partial charge in [0.2, 0.25) is 5.78 Å². The van der Waals surface area contributed by atoms with Crippen LogP contribution in [0.4, 0.5) is 4.39 Å². The fraction of sp³-hybridized carbons (Fsp3) is 0.0833. The van der Waals surface area contributed by atoms with Crippen molar-refractivity contribution in [3.8, 4) is 0 Å². The second-order valence-corrected chi connectivity index (χ2v) is 5.16. The highest BCUT2D eigenvalue weighted by Gasteiger charge is 2.14. The van der Waals surface area contributed by atoms with Crippen molar-refractivity contribution in [1.29, 1.82) is 0 Å². The largest absolute Gasteiger partial charge is 0.288 e. The summed E-state index contributed by atoms with van der Waals surface area (Å²) < 4.78 is 13.3. The van der Waals surface area contributed by atoms with Gasteiger partial charge in [-0.1, -0.05) is 0 Å². The van der Waals surface area contributed by atoms with Gasteiger partial charge in [0.25, 0.3) is 0 Å². The molecule has 82 valence electrons. The first kappa shape index (κ1) is 11.5. The monoisotopic (exact) mass is 298 g/mol. The van der Waals surface area contributed by atoms with E-state index in [2.05, 4.69) is 15.9 Å². The molecule has 0 spiro atoms. The first-order valence-electron chi connectivity index (χ1n) is 4.63. The molecule has 0 radical (unpaired) electrons. The Bertz CT molecular complexity index is 548. The molecule has 0 saturated heterocycles. The highest BCUT2D eigenvalue weighted by Crippen LogP contribution is 2.23. The number of aryl methyl sites for hydroxylation is 1. The Kier molecular flexibility index (Phi) is 3.21. The molecule has 0 saturated carbocycles. The van der Waals surface area contributed by atoms with E-state index in [0.717, 1.165) is 5.56 Å². The summed E-state index contributed by atoms with van der Waals surface area (Å²) in [4.78, 5) is 12.8. The quantitative estimate of drug-likeness (QED) is 0.760. The number of hydrogen-bond donors (Lipinski definition) is 0. The molecule has 0 fully saturated rings. The van der Waals surface area contributed by atoms with Crippen LogP contribution >= 0.6 is 27.3 Å². The fourth-order valence-corrected chi connectivity index (χ4v) is 2.64. The number of carbonyl (C=O) groups is 1. The number of halogens is 2. The van der Waals surface area contributed by atoms with Gasteiger partial charge >= 0.3 is 0 Å². The van der Waals surface area contributed by atoms with Gasteiger partial charge < -0.3 is 0 Å². The summed E-state index contributed by atoms with van der Waals surface area (Å²) in [6, 6.07) is 6.20. The fourth-order valence-electron chi connectivity index (χ4n) is 1.37. The van der Waals surface area contributed by atoms with Gasteiger partial charge in [0.1, 0.15) is 5.82 Å². The SMILES string of the molecule is Cc1ccsc1C(=O)c1ccc(F)c(Br)c1. The van der Waals surface area contributed by atoms with E-state index in [4.69, 9.17) is 0 Å². The van der Waals surface area contributed by atoms with E-state index >= 15 is 0 Å². The van der Waals surface area contributed by atoms with Crippen LogP contribution in [-0.2, 0) is 0 Å². The Hall–Kier alpha value is -1.00.